The van der Waals surface area contributed by atoms with Crippen LogP contribution in [-0.4, -0.2) is 23.3 Å². The molecule has 0 radical (unpaired) electrons. The van der Waals surface area contributed by atoms with Crippen LogP contribution in [0.4, 0.5) is 0 Å². The molecule has 24 heavy (non-hydrogen) atoms. The number of ketones is 2. The van der Waals surface area contributed by atoms with Crippen LogP contribution in [0.15, 0.2) is 23.3 Å². The highest BCUT2D eigenvalue weighted by Gasteiger charge is 2.57. The summed E-state index contributed by atoms with van der Waals surface area (Å²) in [5, 5.41) is 9.35. The normalized spacial score (nSPS) is 44.1. The van der Waals surface area contributed by atoms with Gasteiger partial charge in [0.25, 0.3) is 0 Å². The smallest absolute Gasteiger partial charge is 0.161 e. The molecule has 4 unspecified atom stereocenters. The van der Waals surface area contributed by atoms with E-state index >= 15 is 0 Å². The number of aliphatic hydroxyl groups excluding tert-OH is 1. The van der Waals surface area contributed by atoms with Crippen LogP contribution in [0.5, 0.6) is 0 Å². The van der Waals surface area contributed by atoms with Gasteiger partial charge in [-0.05, 0) is 61.9 Å². The first-order chi connectivity index (χ1) is 11.4. The van der Waals surface area contributed by atoms with E-state index in [4.69, 9.17) is 0 Å². The summed E-state index contributed by atoms with van der Waals surface area (Å²) in [6, 6.07) is 0. The third-order valence-corrected chi connectivity index (χ3v) is 7.88. The van der Waals surface area contributed by atoms with E-state index in [2.05, 4.69) is 19.9 Å². The van der Waals surface area contributed by atoms with Gasteiger partial charge in [0.15, 0.2) is 11.6 Å². The van der Waals surface area contributed by atoms with E-state index in [1.807, 2.05) is 6.08 Å². The number of allylic oxidation sites excluding steroid dienone is 4. The van der Waals surface area contributed by atoms with Gasteiger partial charge in [0.05, 0.1) is 0 Å². The lowest BCUT2D eigenvalue weighted by Gasteiger charge is -2.53. The zero-order valence-corrected chi connectivity index (χ0v) is 14.8. The van der Waals surface area contributed by atoms with Gasteiger partial charge in [0.2, 0.25) is 0 Å². The minimum Gasteiger partial charge on any atom is -0.389 e. The fourth-order valence-electron chi connectivity index (χ4n) is 6.49. The van der Waals surface area contributed by atoms with Crippen LogP contribution in [0.2, 0.25) is 0 Å². The summed E-state index contributed by atoms with van der Waals surface area (Å²) in [4.78, 5) is 24.1. The van der Waals surface area contributed by atoms with Gasteiger partial charge < -0.3 is 5.11 Å². The van der Waals surface area contributed by atoms with Crippen LogP contribution in [0.25, 0.3) is 0 Å². The van der Waals surface area contributed by atoms with Crippen molar-refractivity contribution in [2.24, 2.45) is 28.6 Å². The summed E-state index contributed by atoms with van der Waals surface area (Å²) in [6.07, 6.45) is 11.0. The fraction of sp³-hybridized carbons (Fsp3) is 0.714. The number of Topliss-reactive ketones (excluding diaryl/α,β-unsaturated/α-hetero) is 1. The van der Waals surface area contributed by atoms with Crippen LogP contribution < -0.4 is 0 Å². The zero-order chi connectivity index (χ0) is 17.1. The quantitative estimate of drug-likeness (QED) is 0.788. The van der Waals surface area contributed by atoms with E-state index in [0.29, 0.717) is 18.3 Å². The van der Waals surface area contributed by atoms with Crippen molar-refractivity contribution in [3.8, 4) is 0 Å². The number of carbonyl (C=O) groups excluding carboxylic acids is 2. The van der Waals surface area contributed by atoms with Gasteiger partial charge in [-0.15, -0.1) is 0 Å². The molecule has 0 spiro atoms. The first kappa shape index (κ1) is 16.3. The maximum atomic E-state index is 12.2. The van der Waals surface area contributed by atoms with Crippen LogP contribution in [0, 0.1) is 28.6 Å². The number of carbonyl (C=O) groups is 2. The van der Waals surface area contributed by atoms with Crippen molar-refractivity contribution in [2.45, 2.75) is 58.8 Å². The summed E-state index contributed by atoms with van der Waals surface area (Å²) in [5.41, 5.74) is 2.96. The molecule has 3 heteroatoms. The molecule has 4 aliphatic carbocycles. The van der Waals surface area contributed by atoms with Crippen LogP contribution in [0.3, 0.4) is 0 Å². The molecule has 0 bridgehead atoms. The molecule has 5 atom stereocenters. The van der Waals surface area contributed by atoms with Crippen LogP contribution in [0.1, 0.15) is 58.8 Å². The Morgan fingerprint density at radius 1 is 1.25 bits per heavy atom. The van der Waals surface area contributed by atoms with Crippen molar-refractivity contribution in [1.29, 1.82) is 0 Å². The predicted octanol–water partition coefficient (Wildman–Crippen LogP) is 3.62. The van der Waals surface area contributed by atoms with Gasteiger partial charge in [-0.3, -0.25) is 9.59 Å². The molecule has 0 aromatic heterocycles. The van der Waals surface area contributed by atoms with E-state index in [1.54, 1.807) is 5.57 Å². The number of fused-ring (bicyclic) bond motifs is 5. The molecule has 0 heterocycles. The van der Waals surface area contributed by atoms with Crippen molar-refractivity contribution in [3.63, 3.8) is 0 Å². The fourth-order valence-corrected chi connectivity index (χ4v) is 6.49. The molecule has 3 nitrogen and oxygen atoms in total. The molecule has 1 N–H and O–H groups in total. The van der Waals surface area contributed by atoms with Crippen molar-refractivity contribution < 1.29 is 14.7 Å². The van der Waals surface area contributed by atoms with Gasteiger partial charge in [0.1, 0.15) is 6.61 Å². The molecule has 0 amide bonds. The molecular formula is C21H28O3. The molecule has 130 valence electrons. The van der Waals surface area contributed by atoms with Gasteiger partial charge >= 0.3 is 0 Å². The Morgan fingerprint density at radius 3 is 2.79 bits per heavy atom. The Balaban J connectivity index is 1.72. The Hall–Kier alpha value is -1.22. The molecule has 4 aliphatic rings. The Bertz CT molecular complexity index is 658. The van der Waals surface area contributed by atoms with Crippen LogP contribution >= 0.6 is 0 Å². The Labute approximate surface area is 144 Å². The average Bonchev–Trinajstić information content (AvgIpc) is 2.92. The van der Waals surface area contributed by atoms with E-state index < -0.39 is 0 Å². The van der Waals surface area contributed by atoms with E-state index in [9.17, 15) is 14.7 Å². The third kappa shape index (κ3) is 2.06. The first-order valence-corrected chi connectivity index (χ1v) is 9.48. The van der Waals surface area contributed by atoms with Crippen molar-refractivity contribution in [3.05, 3.63) is 23.3 Å². The van der Waals surface area contributed by atoms with Crippen molar-refractivity contribution in [1.82, 2.24) is 0 Å². The maximum absolute atomic E-state index is 12.2. The van der Waals surface area contributed by atoms with Crippen LogP contribution in [-0.2, 0) is 9.59 Å². The largest absolute Gasteiger partial charge is 0.389 e. The zero-order valence-electron chi connectivity index (χ0n) is 14.8. The van der Waals surface area contributed by atoms with Gasteiger partial charge in [0, 0.05) is 17.8 Å². The third-order valence-electron chi connectivity index (χ3n) is 7.88. The minimum absolute atomic E-state index is 0.00996. The predicted molar refractivity (Wildman–Crippen MR) is 92.3 cm³/mol. The topological polar surface area (TPSA) is 54.4 Å². The molecule has 0 aromatic rings. The molecular weight excluding hydrogens is 300 g/mol. The highest BCUT2D eigenvalue weighted by molar-refractivity contribution is 5.92. The second-order valence-corrected chi connectivity index (χ2v) is 8.84. The summed E-state index contributed by atoms with van der Waals surface area (Å²) in [6.45, 7) is 4.28. The number of aliphatic hydroxyl groups is 1. The molecule has 2 fully saturated rings. The summed E-state index contributed by atoms with van der Waals surface area (Å²) in [7, 11) is 0. The highest BCUT2D eigenvalue weighted by atomic mass is 16.3. The minimum atomic E-state index is -0.319. The summed E-state index contributed by atoms with van der Waals surface area (Å²) >= 11 is 0. The number of rotatable bonds is 2. The molecule has 4 rings (SSSR count). The molecule has 0 aliphatic heterocycles. The van der Waals surface area contributed by atoms with E-state index in [-0.39, 0.29) is 34.9 Å². The second-order valence-electron chi connectivity index (χ2n) is 8.84. The van der Waals surface area contributed by atoms with E-state index in [1.165, 1.54) is 5.57 Å². The molecule has 2 saturated carbocycles. The van der Waals surface area contributed by atoms with Gasteiger partial charge in [-0.1, -0.05) is 31.1 Å². The second kappa shape index (κ2) is 5.39. The molecule has 0 saturated heterocycles. The van der Waals surface area contributed by atoms with Gasteiger partial charge in [-0.2, -0.15) is 0 Å². The first-order valence-electron chi connectivity index (χ1n) is 9.48. The SMILES string of the molecule is CC12CC=C3C(CCC4=CC(=O)CC[C@@]43C)C1CCC2C(=O)CO. The Morgan fingerprint density at radius 2 is 2.04 bits per heavy atom. The highest BCUT2D eigenvalue weighted by Crippen LogP contribution is 2.64. The standard InChI is InChI=1S/C21H28O3/c1-20-9-7-14(23)11-13(20)3-4-15-16-5-6-18(19(24)12-22)21(16,2)10-8-17(15)20/h8,11,15-16,18,22H,3-7,9-10,12H2,1-2H3/t15?,16?,18?,20-,21?/m0/s1. The monoisotopic (exact) mass is 328 g/mol. The lowest BCUT2D eigenvalue weighted by Crippen LogP contribution is -2.45. The maximum Gasteiger partial charge on any atom is 0.161 e. The summed E-state index contributed by atoms with van der Waals surface area (Å²) in [5.74, 6) is 1.44. The van der Waals surface area contributed by atoms with Crippen molar-refractivity contribution in [2.75, 3.05) is 6.61 Å². The molecule has 0 aromatic carbocycles. The Kier molecular flexibility index (Phi) is 3.65. The average molecular weight is 328 g/mol. The van der Waals surface area contributed by atoms with Gasteiger partial charge in [-0.25, -0.2) is 0 Å². The summed E-state index contributed by atoms with van der Waals surface area (Å²) < 4.78 is 0. The van der Waals surface area contributed by atoms with Crippen molar-refractivity contribution >= 4 is 11.6 Å². The lowest BCUT2D eigenvalue weighted by atomic mass is 9.51. The number of hydrogen-bond acceptors (Lipinski definition) is 3. The lowest BCUT2D eigenvalue weighted by molar-refractivity contribution is -0.129. The van der Waals surface area contributed by atoms with E-state index in [0.717, 1.165) is 38.5 Å². The number of hydrogen-bond donors (Lipinski definition) is 1.